The zero-order valence-electron chi connectivity index (χ0n) is 10.7. The number of phenolic OH excluding ortho intramolecular Hbond substituents is 1. The van der Waals surface area contributed by atoms with E-state index >= 15 is 0 Å². The van der Waals surface area contributed by atoms with Crippen LogP contribution in [-0.2, 0) is 6.54 Å². The van der Waals surface area contributed by atoms with E-state index in [0.29, 0.717) is 23.3 Å². The van der Waals surface area contributed by atoms with Gasteiger partial charge in [-0.3, -0.25) is 0 Å². The van der Waals surface area contributed by atoms with Gasteiger partial charge in [0.2, 0.25) is 5.95 Å². The first kappa shape index (κ1) is 13.4. The molecule has 2 aromatic rings. The number of hydrogen-bond donors (Lipinski definition) is 1. The number of nitrogens with zero attached hydrogens (tertiary/aromatic N) is 3. The lowest BCUT2D eigenvalue weighted by atomic mass is 10.2. The predicted molar refractivity (Wildman–Crippen MR) is 73.8 cm³/mol. The molecule has 0 saturated carbocycles. The Bertz CT molecular complexity index is 560. The van der Waals surface area contributed by atoms with Crippen LogP contribution in [0.25, 0.3) is 0 Å². The van der Waals surface area contributed by atoms with Crippen LogP contribution in [0.2, 0.25) is 5.02 Å². The summed E-state index contributed by atoms with van der Waals surface area (Å²) in [5.74, 6) is 1.15. The zero-order valence-corrected chi connectivity index (χ0v) is 11.4. The summed E-state index contributed by atoms with van der Waals surface area (Å²) in [6, 6.07) is 5.21. The predicted octanol–water partition coefficient (Wildman–Crippen LogP) is 2.48. The fraction of sp³-hybridized carbons (Fsp3) is 0.231. The quantitative estimate of drug-likeness (QED) is 0.932. The summed E-state index contributed by atoms with van der Waals surface area (Å²) < 4.78 is 5.07. The lowest BCUT2D eigenvalue weighted by molar-refractivity contribution is 0.373. The SMILES string of the molecule is COc1cc(CN(C)c2ncc(Cl)cn2)ccc1O. The number of rotatable bonds is 4. The van der Waals surface area contributed by atoms with E-state index in [-0.39, 0.29) is 5.75 Å². The van der Waals surface area contributed by atoms with Gasteiger partial charge in [-0.2, -0.15) is 0 Å². The van der Waals surface area contributed by atoms with Crippen LogP contribution >= 0.6 is 11.6 Å². The van der Waals surface area contributed by atoms with Crippen LogP contribution in [-0.4, -0.2) is 29.2 Å². The van der Waals surface area contributed by atoms with Crippen molar-refractivity contribution in [1.29, 1.82) is 0 Å². The number of anilines is 1. The second-order valence-electron chi connectivity index (χ2n) is 4.06. The Balaban J connectivity index is 2.14. The molecule has 0 aliphatic heterocycles. The Labute approximate surface area is 116 Å². The molecule has 2 rings (SSSR count). The minimum atomic E-state index is 0.122. The van der Waals surface area contributed by atoms with Crippen molar-refractivity contribution >= 4 is 17.5 Å². The molecule has 1 heterocycles. The van der Waals surface area contributed by atoms with E-state index in [1.165, 1.54) is 7.11 Å². The first-order chi connectivity index (χ1) is 9.10. The van der Waals surface area contributed by atoms with Gasteiger partial charge in [0.25, 0.3) is 0 Å². The normalized spacial score (nSPS) is 10.3. The molecule has 100 valence electrons. The average molecular weight is 280 g/mol. The Hall–Kier alpha value is -2.01. The minimum absolute atomic E-state index is 0.122. The molecular formula is C13H14ClN3O2. The first-order valence-corrected chi connectivity index (χ1v) is 6.02. The topological polar surface area (TPSA) is 58.5 Å². The second kappa shape index (κ2) is 5.75. The van der Waals surface area contributed by atoms with E-state index in [2.05, 4.69) is 9.97 Å². The van der Waals surface area contributed by atoms with E-state index in [1.54, 1.807) is 24.5 Å². The Morgan fingerprint density at radius 1 is 1.32 bits per heavy atom. The smallest absolute Gasteiger partial charge is 0.225 e. The van der Waals surface area contributed by atoms with Crippen LogP contribution in [0.5, 0.6) is 11.5 Å². The third-order valence-corrected chi connectivity index (χ3v) is 2.81. The van der Waals surface area contributed by atoms with Crippen molar-refractivity contribution in [1.82, 2.24) is 9.97 Å². The number of aromatic nitrogens is 2. The van der Waals surface area contributed by atoms with E-state index < -0.39 is 0 Å². The number of phenols is 1. The van der Waals surface area contributed by atoms with Crippen molar-refractivity contribution in [2.45, 2.75) is 6.54 Å². The van der Waals surface area contributed by atoms with Gasteiger partial charge in [-0.25, -0.2) is 9.97 Å². The van der Waals surface area contributed by atoms with Gasteiger partial charge in [0.05, 0.1) is 24.5 Å². The zero-order chi connectivity index (χ0) is 13.8. The largest absolute Gasteiger partial charge is 0.504 e. The molecule has 0 radical (unpaired) electrons. The van der Waals surface area contributed by atoms with Gasteiger partial charge in [0, 0.05) is 13.6 Å². The van der Waals surface area contributed by atoms with Gasteiger partial charge in [-0.1, -0.05) is 17.7 Å². The lowest BCUT2D eigenvalue weighted by Crippen LogP contribution is -2.18. The molecule has 1 N–H and O–H groups in total. The molecule has 0 bridgehead atoms. The standard InChI is InChI=1S/C13H14ClN3O2/c1-17(13-15-6-10(14)7-16-13)8-9-3-4-11(18)12(5-9)19-2/h3-7,18H,8H2,1-2H3. The van der Waals surface area contributed by atoms with Gasteiger partial charge in [-0.15, -0.1) is 0 Å². The van der Waals surface area contributed by atoms with Crippen molar-refractivity contribution in [3.63, 3.8) is 0 Å². The van der Waals surface area contributed by atoms with Crippen molar-refractivity contribution in [3.05, 3.63) is 41.2 Å². The molecule has 1 aromatic heterocycles. The first-order valence-electron chi connectivity index (χ1n) is 5.64. The second-order valence-corrected chi connectivity index (χ2v) is 4.50. The van der Waals surface area contributed by atoms with Crippen LogP contribution < -0.4 is 9.64 Å². The molecule has 5 nitrogen and oxygen atoms in total. The fourth-order valence-corrected chi connectivity index (χ4v) is 1.77. The van der Waals surface area contributed by atoms with Crippen molar-refractivity contribution in [2.24, 2.45) is 0 Å². The number of aromatic hydroxyl groups is 1. The van der Waals surface area contributed by atoms with Crippen LogP contribution in [0.15, 0.2) is 30.6 Å². The van der Waals surface area contributed by atoms with E-state index in [0.717, 1.165) is 5.56 Å². The highest BCUT2D eigenvalue weighted by Gasteiger charge is 2.08. The van der Waals surface area contributed by atoms with Gasteiger partial charge in [0.1, 0.15) is 0 Å². The van der Waals surface area contributed by atoms with Crippen LogP contribution in [0.1, 0.15) is 5.56 Å². The van der Waals surface area contributed by atoms with Crippen LogP contribution in [0, 0.1) is 0 Å². The van der Waals surface area contributed by atoms with Gasteiger partial charge >= 0.3 is 0 Å². The minimum Gasteiger partial charge on any atom is -0.504 e. The molecule has 0 aliphatic carbocycles. The molecule has 0 amide bonds. The van der Waals surface area contributed by atoms with Gasteiger partial charge in [0.15, 0.2) is 11.5 Å². The fourth-order valence-electron chi connectivity index (χ4n) is 1.67. The maximum absolute atomic E-state index is 9.54. The highest BCUT2D eigenvalue weighted by Crippen LogP contribution is 2.27. The van der Waals surface area contributed by atoms with E-state index in [1.807, 2.05) is 18.0 Å². The highest BCUT2D eigenvalue weighted by atomic mass is 35.5. The molecule has 0 spiro atoms. The summed E-state index contributed by atoms with van der Waals surface area (Å²) in [6.45, 7) is 0.596. The third kappa shape index (κ3) is 3.26. The monoisotopic (exact) mass is 279 g/mol. The number of halogens is 1. The van der Waals surface area contributed by atoms with Crippen molar-refractivity contribution in [2.75, 3.05) is 19.1 Å². The molecule has 0 atom stereocenters. The molecule has 0 fully saturated rings. The van der Waals surface area contributed by atoms with E-state index in [9.17, 15) is 5.11 Å². The Morgan fingerprint density at radius 2 is 2.00 bits per heavy atom. The molecule has 19 heavy (non-hydrogen) atoms. The van der Waals surface area contributed by atoms with Gasteiger partial charge in [-0.05, 0) is 17.7 Å². The van der Waals surface area contributed by atoms with Crippen molar-refractivity contribution in [3.8, 4) is 11.5 Å². The summed E-state index contributed by atoms with van der Waals surface area (Å²) in [4.78, 5) is 10.2. The molecule has 0 saturated heterocycles. The molecule has 6 heteroatoms. The molecule has 0 unspecified atom stereocenters. The maximum Gasteiger partial charge on any atom is 0.225 e. The van der Waals surface area contributed by atoms with Gasteiger partial charge < -0.3 is 14.7 Å². The average Bonchev–Trinajstić information content (AvgIpc) is 2.41. The molecule has 1 aromatic carbocycles. The lowest BCUT2D eigenvalue weighted by Gasteiger charge is -2.17. The molecule has 0 aliphatic rings. The van der Waals surface area contributed by atoms with Crippen molar-refractivity contribution < 1.29 is 9.84 Å². The number of methoxy groups -OCH3 is 1. The summed E-state index contributed by atoms with van der Waals surface area (Å²) in [7, 11) is 3.40. The summed E-state index contributed by atoms with van der Waals surface area (Å²) in [5, 5.41) is 10.0. The molecular weight excluding hydrogens is 266 g/mol. The Kier molecular flexibility index (Phi) is 4.06. The van der Waals surface area contributed by atoms with E-state index in [4.69, 9.17) is 16.3 Å². The number of benzene rings is 1. The van der Waals surface area contributed by atoms with Crippen LogP contribution in [0.3, 0.4) is 0 Å². The number of hydrogen-bond acceptors (Lipinski definition) is 5. The highest BCUT2D eigenvalue weighted by molar-refractivity contribution is 6.30. The third-order valence-electron chi connectivity index (χ3n) is 2.61. The Morgan fingerprint density at radius 3 is 2.63 bits per heavy atom. The summed E-state index contributed by atoms with van der Waals surface area (Å²) in [6.07, 6.45) is 3.11. The maximum atomic E-state index is 9.54. The van der Waals surface area contributed by atoms with Crippen LogP contribution in [0.4, 0.5) is 5.95 Å². The summed E-state index contributed by atoms with van der Waals surface area (Å²) in [5.41, 5.74) is 0.982. The summed E-state index contributed by atoms with van der Waals surface area (Å²) >= 11 is 5.75. The number of ether oxygens (including phenoxy) is 1.